The van der Waals surface area contributed by atoms with Crippen LogP contribution >= 0.6 is 0 Å². The zero-order valence-corrected chi connectivity index (χ0v) is 20.3. The van der Waals surface area contributed by atoms with E-state index < -0.39 is 0 Å². The fourth-order valence-electron chi connectivity index (χ4n) is 3.29. The first-order chi connectivity index (χ1) is 15.9. The van der Waals surface area contributed by atoms with E-state index in [2.05, 4.69) is 35.6 Å². The van der Waals surface area contributed by atoms with Crippen LogP contribution in [0.1, 0.15) is 30.9 Å². The van der Waals surface area contributed by atoms with Crippen LogP contribution in [0, 0.1) is 0 Å². The molecule has 0 atom stereocenters. The van der Waals surface area contributed by atoms with Crippen LogP contribution in [-0.4, -0.2) is 55.3 Å². The number of anilines is 1. The van der Waals surface area contributed by atoms with Gasteiger partial charge in [-0.15, -0.1) is 0 Å². The second-order valence-corrected chi connectivity index (χ2v) is 8.04. The number of rotatable bonds is 12. The summed E-state index contributed by atoms with van der Waals surface area (Å²) in [5, 5.41) is 3.47. The molecule has 0 aliphatic carbocycles. The van der Waals surface area contributed by atoms with Crippen LogP contribution in [0.5, 0.6) is 0 Å². The van der Waals surface area contributed by atoms with E-state index in [1.165, 1.54) is 0 Å². The minimum absolute atomic E-state index is 0.651. The summed E-state index contributed by atoms with van der Waals surface area (Å²) < 4.78 is 0. The van der Waals surface area contributed by atoms with Gasteiger partial charge in [0, 0.05) is 63.0 Å². The van der Waals surface area contributed by atoms with Crippen molar-refractivity contribution >= 4 is 23.2 Å². The molecule has 2 rings (SSSR count). The molecule has 0 aliphatic heterocycles. The minimum atomic E-state index is 0.651. The summed E-state index contributed by atoms with van der Waals surface area (Å²) in [4.78, 5) is 15.8. The smallest absolute Gasteiger partial charge is 0.161 e. The fourth-order valence-corrected chi connectivity index (χ4v) is 3.29. The second-order valence-electron chi connectivity index (χ2n) is 8.04. The first kappa shape index (κ1) is 25.7. The van der Waals surface area contributed by atoms with Crippen LogP contribution in [-0.2, 0) is 0 Å². The number of aliphatic imine (C=N–C) groups is 1. The Morgan fingerprint density at radius 3 is 2.67 bits per heavy atom. The fraction of sp³-hybridized carbons (Fsp3) is 0.296. The normalized spacial score (nSPS) is 12.2. The van der Waals surface area contributed by atoms with E-state index in [4.69, 9.17) is 15.7 Å². The molecule has 0 radical (unpaired) electrons. The van der Waals surface area contributed by atoms with E-state index in [9.17, 15) is 0 Å². The number of benzene rings is 1. The Morgan fingerprint density at radius 1 is 1.24 bits per heavy atom. The third kappa shape index (κ3) is 7.84. The van der Waals surface area contributed by atoms with Crippen molar-refractivity contribution in [2.75, 3.05) is 39.5 Å². The average molecular weight is 445 g/mol. The number of nitrogens with one attached hydrogen (secondary N) is 1. The first-order valence-electron chi connectivity index (χ1n) is 11.1. The molecule has 6 nitrogen and oxygen atoms in total. The molecular weight excluding hydrogens is 408 g/mol. The second kappa shape index (κ2) is 13.1. The van der Waals surface area contributed by atoms with Gasteiger partial charge in [0.2, 0.25) is 0 Å². The molecule has 1 aromatic carbocycles. The monoisotopic (exact) mass is 444 g/mol. The van der Waals surface area contributed by atoms with Crippen LogP contribution in [0.25, 0.3) is 22.5 Å². The Kier molecular flexibility index (Phi) is 10.2. The van der Waals surface area contributed by atoms with Crippen molar-refractivity contribution in [1.29, 1.82) is 0 Å². The van der Waals surface area contributed by atoms with E-state index in [0.717, 1.165) is 58.6 Å². The Hall–Kier alpha value is -3.51. The van der Waals surface area contributed by atoms with Crippen molar-refractivity contribution in [3.05, 3.63) is 78.7 Å². The Bertz CT molecular complexity index is 1050. The summed E-state index contributed by atoms with van der Waals surface area (Å²) in [6, 6.07) is 8.18. The summed E-state index contributed by atoms with van der Waals surface area (Å²) in [5.74, 6) is 1.42. The van der Waals surface area contributed by atoms with E-state index in [-0.39, 0.29) is 0 Å². The Balaban J connectivity index is 2.54. The maximum atomic E-state index is 5.66. The maximum Gasteiger partial charge on any atom is 0.161 e. The zero-order chi connectivity index (χ0) is 24.2. The summed E-state index contributed by atoms with van der Waals surface area (Å²) in [6.07, 6.45) is 11.5. The molecule has 174 valence electrons. The standard InChI is InChI=1S/C27H36N6/c1-7-21(19-33(5)6)22-11-10-12-23(16-22)26-31-18-25(24(17-29-4)15-20(2)3)27(32-26)30-14-9-8-13-28/h7,10-12,15-19H,1-2,8-9,13-14,28H2,3-6H3,(H,30,31,32)/b21-19+,24-15+,29-17?. The lowest BCUT2D eigenvalue weighted by atomic mass is 10.0. The number of allylic oxidation sites excluding steroid dienone is 5. The quantitative estimate of drug-likeness (QED) is 0.272. The largest absolute Gasteiger partial charge is 0.383 e. The molecule has 33 heavy (non-hydrogen) atoms. The van der Waals surface area contributed by atoms with Gasteiger partial charge in [0.1, 0.15) is 5.82 Å². The van der Waals surface area contributed by atoms with Crippen LogP contribution in [0.15, 0.2) is 72.5 Å². The van der Waals surface area contributed by atoms with Crippen LogP contribution in [0.4, 0.5) is 5.82 Å². The van der Waals surface area contributed by atoms with Gasteiger partial charge in [-0.1, -0.05) is 49.1 Å². The number of hydrogen-bond donors (Lipinski definition) is 2. The highest BCUT2D eigenvalue weighted by Crippen LogP contribution is 2.27. The van der Waals surface area contributed by atoms with E-state index in [1.807, 2.05) is 62.6 Å². The molecule has 0 saturated carbocycles. The molecule has 0 aliphatic rings. The average Bonchev–Trinajstić information content (AvgIpc) is 2.79. The van der Waals surface area contributed by atoms with Crippen molar-refractivity contribution in [2.45, 2.75) is 19.8 Å². The van der Waals surface area contributed by atoms with Crippen molar-refractivity contribution in [1.82, 2.24) is 14.9 Å². The molecule has 0 fully saturated rings. The number of nitrogens with zero attached hydrogens (tertiary/aromatic N) is 4. The lowest BCUT2D eigenvalue weighted by Gasteiger charge is -2.14. The molecule has 2 aromatic rings. The van der Waals surface area contributed by atoms with Gasteiger partial charge in [-0.3, -0.25) is 4.99 Å². The molecule has 3 N–H and O–H groups in total. The van der Waals surface area contributed by atoms with Gasteiger partial charge >= 0.3 is 0 Å². The van der Waals surface area contributed by atoms with Crippen molar-refractivity contribution < 1.29 is 0 Å². The highest BCUT2D eigenvalue weighted by molar-refractivity contribution is 6.12. The van der Waals surface area contributed by atoms with Gasteiger partial charge in [-0.25, -0.2) is 9.97 Å². The molecule has 0 amide bonds. The van der Waals surface area contributed by atoms with Crippen LogP contribution < -0.4 is 11.1 Å². The molecule has 0 unspecified atom stereocenters. The van der Waals surface area contributed by atoms with Crippen molar-refractivity contribution in [3.8, 4) is 11.4 Å². The number of aromatic nitrogens is 2. The lowest BCUT2D eigenvalue weighted by Crippen LogP contribution is -2.10. The maximum absolute atomic E-state index is 5.66. The highest BCUT2D eigenvalue weighted by Gasteiger charge is 2.13. The number of nitrogens with two attached hydrogens (primary N) is 1. The van der Waals surface area contributed by atoms with Gasteiger partial charge in [0.15, 0.2) is 5.82 Å². The van der Waals surface area contributed by atoms with E-state index in [0.29, 0.717) is 12.4 Å². The molecule has 6 heteroatoms. The zero-order valence-electron chi connectivity index (χ0n) is 20.3. The molecule has 0 saturated heterocycles. The predicted octanol–water partition coefficient (Wildman–Crippen LogP) is 5.04. The summed E-state index contributed by atoms with van der Waals surface area (Å²) in [5.41, 5.74) is 11.4. The third-order valence-electron chi connectivity index (χ3n) is 4.76. The topological polar surface area (TPSA) is 79.4 Å². The summed E-state index contributed by atoms with van der Waals surface area (Å²) in [6.45, 7) is 11.4. The molecule has 1 aromatic heterocycles. The first-order valence-corrected chi connectivity index (χ1v) is 11.1. The highest BCUT2D eigenvalue weighted by atomic mass is 15.0. The SMILES string of the molecule is C=C/C(=C\N(C)C)c1cccc(-c2ncc(/C(C=NC)=C/C(=C)C)c(NCCCCN)n2)c1. The van der Waals surface area contributed by atoms with Crippen LogP contribution in [0.3, 0.4) is 0 Å². The van der Waals surface area contributed by atoms with Gasteiger partial charge in [0.05, 0.1) is 0 Å². The molecular formula is C27H36N6. The molecule has 1 heterocycles. The Labute approximate surface area is 198 Å². The van der Waals surface area contributed by atoms with E-state index >= 15 is 0 Å². The minimum Gasteiger partial charge on any atom is -0.383 e. The van der Waals surface area contributed by atoms with Gasteiger partial charge < -0.3 is 16.0 Å². The van der Waals surface area contributed by atoms with E-state index in [1.54, 1.807) is 13.3 Å². The third-order valence-corrected chi connectivity index (χ3v) is 4.76. The molecule has 0 bridgehead atoms. The lowest BCUT2D eigenvalue weighted by molar-refractivity contribution is 0.566. The number of unbranched alkanes of at least 4 members (excludes halogenated alkanes) is 1. The van der Waals surface area contributed by atoms with Crippen LogP contribution in [0.2, 0.25) is 0 Å². The van der Waals surface area contributed by atoms with Crippen molar-refractivity contribution in [3.63, 3.8) is 0 Å². The van der Waals surface area contributed by atoms with Gasteiger partial charge in [-0.05, 0) is 43.5 Å². The van der Waals surface area contributed by atoms with Gasteiger partial charge in [0.25, 0.3) is 0 Å². The predicted molar refractivity (Wildman–Crippen MR) is 143 cm³/mol. The summed E-state index contributed by atoms with van der Waals surface area (Å²) in [7, 11) is 5.74. The molecule has 0 spiro atoms. The summed E-state index contributed by atoms with van der Waals surface area (Å²) >= 11 is 0. The van der Waals surface area contributed by atoms with Gasteiger partial charge in [-0.2, -0.15) is 0 Å². The van der Waals surface area contributed by atoms with Crippen molar-refractivity contribution in [2.24, 2.45) is 10.7 Å². The Morgan fingerprint density at radius 2 is 2.03 bits per heavy atom. The number of hydrogen-bond acceptors (Lipinski definition) is 6.